The first-order chi connectivity index (χ1) is 15.6. The Morgan fingerprint density at radius 3 is 2.18 bits per heavy atom. The first-order valence-electron chi connectivity index (χ1n) is 10.0. The molecule has 2 heterocycles. The van der Waals surface area contributed by atoms with Crippen molar-refractivity contribution in [2.75, 3.05) is 4.90 Å². The number of primary sulfonamides is 1. The molecule has 0 bridgehead atoms. The molecule has 3 aromatic rings. The van der Waals surface area contributed by atoms with Gasteiger partial charge in [0, 0.05) is 23.6 Å². The second-order valence-electron chi connectivity index (χ2n) is 7.79. The van der Waals surface area contributed by atoms with E-state index in [1.807, 2.05) is 19.9 Å². The Labute approximate surface area is 191 Å². The third-order valence-corrected chi connectivity index (χ3v) is 6.62. The van der Waals surface area contributed by atoms with Gasteiger partial charge >= 0.3 is 0 Å². The minimum absolute atomic E-state index is 0.0648. The van der Waals surface area contributed by atoms with E-state index in [1.165, 1.54) is 41.6 Å². The Bertz CT molecular complexity index is 1400. The van der Waals surface area contributed by atoms with Gasteiger partial charge < -0.3 is 5.11 Å². The van der Waals surface area contributed by atoms with Gasteiger partial charge in [-0.3, -0.25) is 19.5 Å². The van der Waals surface area contributed by atoms with Crippen LogP contribution in [-0.2, 0) is 19.6 Å². The first kappa shape index (κ1) is 22.4. The summed E-state index contributed by atoms with van der Waals surface area (Å²) in [6.45, 7) is 3.82. The molecule has 1 saturated heterocycles. The monoisotopic (exact) mass is 463 g/mol. The smallest absolute Gasteiger partial charge is 0.300 e. The maximum atomic E-state index is 13.1. The summed E-state index contributed by atoms with van der Waals surface area (Å²) in [6.07, 6.45) is 3.05. The highest BCUT2D eigenvalue weighted by Crippen LogP contribution is 2.42. The minimum atomic E-state index is -3.93. The van der Waals surface area contributed by atoms with Gasteiger partial charge in [0.05, 0.1) is 16.5 Å². The molecule has 1 amide bonds. The fourth-order valence-electron chi connectivity index (χ4n) is 3.80. The van der Waals surface area contributed by atoms with Crippen LogP contribution < -0.4 is 10.0 Å². The van der Waals surface area contributed by atoms with Crippen LogP contribution in [-0.4, -0.2) is 30.2 Å². The number of rotatable bonds is 4. The van der Waals surface area contributed by atoms with Gasteiger partial charge in [0.2, 0.25) is 10.0 Å². The van der Waals surface area contributed by atoms with E-state index >= 15 is 0 Å². The summed E-state index contributed by atoms with van der Waals surface area (Å²) >= 11 is 0. The van der Waals surface area contributed by atoms with Crippen LogP contribution in [0, 0.1) is 13.8 Å². The molecular formula is C24H21N3O5S. The van der Waals surface area contributed by atoms with Crippen LogP contribution in [0.5, 0.6) is 0 Å². The molecule has 9 heteroatoms. The number of nitrogens with zero attached hydrogens (tertiary/aromatic N) is 2. The second kappa shape index (κ2) is 8.27. The molecule has 1 unspecified atom stereocenters. The number of sulfonamides is 1. The molecule has 0 aliphatic carbocycles. The molecule has 8 nitrogen and oxygen atoms in total. The summed E-state index contributed by atoms with van der Waals surface area (Å²) in [5.74, 6) is -1.98. The van der Waals surface area contributed by atoms with Crippen molar-refractivity contribution in [1.29, 1.82) is 0 Å². The Morgan fingerprint density at radius 1 is 0.970 bits per heavy atom. The first-order valence-corrected chi connectivity index (χ1v) is 11.6. The average Bonchev–Trinajstić information content (AvgIpc) is 3.06. The van der Waals surface area contributed by atoms with Gasteiger partial charge in [-0.1, -0.05) is 12.1 Å². The number of aliphatic hydroxyl groups is 1. The zero-order chi connectivity index (χ0) is 23.9. The van der Waals surface area contributed by atoms with Crippen molar-refractivity contribution in [2.45, 2.75) is 24.8 Å². The predicted octanol–water partition coefficient (Wildman–Crippen LogP) is 2.97. The quantitative estimate of drug-likeness (QED) is 0.347. The molecule has 168 valence electrons. The molecular weight excluding hydrogens is 442 g/mol. The van der Waals surface area contributed by atoms with Gasteiger partial charge in [-0.2, -0.15) is 0 Å². The van der Waals surface area contributed by atoms with Gasteiger partial charge in [-0.25, -0.2) is 13.6 Å². The SMILES string of the molecule is Cc1ccc(/C(O)=C2\C(=O)C(=O)N(c3ccc(S(N)(=O)=O)cc3)C2c2ccncc2)cc1C. The number of aryl methyl sites for hydroxylation is 2. The fraction of sp³-hybridized carbons (Fsp3) is 0.125. The molecule has 0 radical (unpaired) electrons. The number of carbonyl (C=O) groups excluding carboxylic acids is 2. The van der Waals surface area contributed by atoms with E-state index in [0.29, 0.717) is 11.1 Å². The highest BCUT2D eigenvalue weighted by Gasteiger charge is 2.47. The zero-order valence-electron chi connectivity index (χ0n) is 17.9. The molecule has 1 fully saturated rings. The maximum Gasteiger partial charge on any atom is 0.300 e. The number of Topliss-reactive ketones (excluding diaryl/α,β-unsaturated/α-hetero) is 1. The molecule has 0 spiro atoms. The highest BCUT2D eigenvalue weighted by molar-refractivity contribution is 7.89. The normalized spacial score (nSPS) is 18.0. The predicted molar refractivity (Wildman–Crippen MR) is 123 cm³/mol. The van der Waals surface area contributed by atoms with E-state index in [2.05, 4.69) is 4.98 Å². The number of anilines is 1. The molecule has 1 aliphatic heterocycles. The van der Waals surface area contributed by atoms with E-state index < -0.39 is 27.8 Å². The van der Waals surface area contributed by atoms with Gasteiger partial charge in [-0.15, -0.1) is 0 Å². The van der Waals surface area contributed by atoms with Crippen molar-refractivity contribution in [3.8, 4) is 0 Å². The number of hydrogen-bond donors (Lipinski definition) is 2. The number of carbonyl (C=O) groups is 2. The lowest BCUT2D eigenvalue weighted by molar-refractivity contribution is -0.132. The maximum absolute atomic E-state index is 13.1. The third-order valence-electron chi connectivity index (χ3n) is 5.69. The van der Waals surface area contributed by atoms with Crippen LogP contribution in [0.1, 0.15) is 28.3 Å². The van der Waals surface area contributed by atoms with Crippen LogP contribution in [0.3, 0.4) is 0 Å². The van der Waals surface area contributed by atoms with Crippen molar-refractivity contribution in [1.82, 2.24) is 4.98 Å². The molecule has 4 rings (SSSR count). The fourth-order valence-corrected chi connectivity index (χ4v) is 4.32. The summed E-state index contributed by atoms with van der Waals surface area (Å²) in [4.78, 5) is 31.3. The number of nitrogens with two attached hydrogens (primary N) is 1. The number of ketones is 1. The Kier molecular flexibility index (Phi) is 5.61. The average molecular weight is 464 g/mol. The molecule has 1 aromatic heterocycles. The second-order valence-corrected chi connectivity index (χ2v) is 9.35. The van der Waals surface area contributed by atoms with Gasteiger partial charge in [0.1, 0.15) is 5.76 Å². The molecule has 3 N–H and O–H groups in total. The van der Waals surface area contributed by atoms with E-state index in [9.17, 15) is 23.1 Å². The lowest BCUT2D eigenvalue weighted by Crippen LogP contribution is -2.29. The standard InChI is InChI=1S/C24H21N3O5S/c1-14-3-4-17(13-15(14)2)22(28)20-21(16-9-11-26-12-10-16)27(24(30)23(20)29)18-5-7-19(8-6-18)33(25,31)32/h3-13,21,28H,1-2H3,(H2,25,31,32)/b22-20+. The Morgan fingerprint density at radius 2 is 1.61 bits per heavy atom. The Hall–Kier alpha value is -3.82. The summed E-state index contributed by atoms with van der Waals surface area (Å²) in [7, 11) is -3.93. The molecule has 33 heavy (non-hydrogen) atoms. The van der Waals surface area contributed by atoms with Crippen LogP contribution in [0.25, 0.3) is 5.76 Å². The highest BCUT2D eigenvalue weighted by atomic mass is 32.2. The zero-order valence-corrected chi connectivity index (χ0v) is 18.7. The summed E-state index contributed by atoms with van der Waals surface area (Å²) in [5, 5.41) is 16.3. The molecule has 1 aliphatic rings. The minimum Gasteiger partial charge on any atom is -0.507 e. The molecule has 0 saturated carbocycles. The van der Waals surface area contributed by atoms with Gasteiger partial charge in [0.25, 0.3) is 11.7 Å². The number of pyridine rings is 1. The lowest BCUT2D eigenvalue weighted by atomic mass is 9.94. The van der Waals surface area contributed by atoms with Crippen LogP contribution in [0.4, 0.5) is 5.69 Å². The molecule has 1 atom stereocenters. The van der Waals surface area contributed by atoms with Crippen molar-refractivity contribution < 1.29 is 23.1 Å². The van der Waals surface area contributed by atoms with E-state index in [0.717, 1.165) is 11.1 Å². The van der Waals surface area contributed by atoms with Crippen molar-refractivity contribution in [3.05, 3.63) is 94.8 Å². The number of aliphatic hydroxyl groups excluding tert-OH is 1. The number of amides is 1. The van der Waals surface area contributed by atoms with Gasteiger partial charge in [0.15, 0.2) is 0 Å². The topological polar surface area (TPSA) is 131 Å². The summed E-state index contributed by atoms with van der Waals surface area (Å²) < 4.78 is 23.2. The Balaban J connectivity index is 1.92. The number of hydrogen-bond acceptors (Lipinski definition) is 6. The molecule has 2 aromatic carbocycles. The van der Waals surface area contributed by atoms with E-state index in [4.69, 9.17) is 5.14 Å². The van der Waals surface area contributed by atoms with Crippen molar-refractivity contribution in [2.24, 2.45) is 5.14 Å². The lowest BCUT2D eigenvalue weighted by Gasteiger charge is -2.25. The largest absolute Gasteiger partial charge is 0.507 e. The summed E-state index contributed by atoms with van der Waals surface area (Å²) in [5.41, 5.74) is 3.14. The van der Waals surface area contributed by atoms with E-state index in [1.54, 1.807) is 24.3 Å². The van der Waals surface area contributed by atoms with Crippen LogP contribution in [0.15, 0.2) is 77.5 Å². The van der Waals surface area contributed by atoms with Crippen LogP contribution in [0.2, 0.25) is 0 Å². The summed E-state index contributed by atoms with van der Waals surface area (Å²) in [6, 6.07) is 12.9. The number of benzene rings is 2. The van der Waals surface area contributed by atoms with Crippen molar-refractivity contribution in [3.63, 3.8) is 0 Å². The van der Waals surface area contributed by atoms with Gasteiger partial charge in [-0.05, 0) is 73.0 Å². The number of aromatic nitrogens is 1. The van der Waals surface area contributed by atoms with E-state index in [-0.39, 0.29) is 21.9 Å². The van der Waals surface area contributed by atoms with Crippen LogP contribution >= 0.6 is 0 Å². The third kappa shape index (κ3) is 4.04. The van der Waals surface area contributed by atoms with Crippen molar-refractivity contribution >= 4 is 33.2 Å².